The van der Waals surface area contributed by atoms with Gasteiger partial charge in [-0.15, -0.1) is 0 Å². The van der Waals surface area contributed by atoms with E-state index in [0.29, 0.717) is 18.6 Å². The summed E-state index contributed by atoms with van der Waals surface area (Å²) < 4.78 is 33.0. The standard InChI is InChI=1S/C13H20N2O3S/c1-8-4-5-11(14)13(9(8)2)19(16,17)15-12-6-7-18-10(12)3/h4-5,10,12,15H,6-7,14H2,1-3H3. The molecule has 1 aliphatic heterocycles. The molecular weight excluding hydrogens is 264 g/mol. The van der Waals surface area contributed by atoms with E-state index in [9.17, 15) is 8.42 Å². The predicted octanol–water partition coefficient (Wildman–Crippen LogP) is 1.34. The van der Waals surface area contributed by atoms with Crippen molar-refractivity contribution in [3.63, 3.8) is 0 Å². The summed E-state index contributed by atoms with van der Waals surface area (Å²) in [6.45, 7) is 6.09. The first-order chi connectivity index (χ1) is 8.83. The molecule has 2 unspecified atom stereocenters. The van der Waals surface area contributed by atoms with Crippen LogP contribution in [0.15, 0.2) is 17.0 Å². The number of rotatable bonds is 3. The lowest BCUT2D eigenvalue weighted by atomic mass is 10.1. The Labute approximate surface area is 114 Å². The Kier molecular flexibility index (Phi) is 3.85. The summed E-state index contributed by atoms with van der Waals surface area (Å²) in [5, 5.41) is 0. The number of hydrogen-bond acceptors (Lipinski definition) is 4. The average molecular weight is 284 g/mol. The number of sulfonamides is 1. The monoisotopic (exact) mass is 284 g/mol. The lowest BCUT2D eigenvalue weighted by molar-refractivity contribution is 0.117. The molecule has 0 radical (unpaired) electrons. The summed E-state index contributed by atoms with van der Waals surface area (Å²) in [4.78, 5) is 0.187. The van der Waals surface area contributed by atoms with Crippen LogP contribution in [0.3, 0.4) is 0 Å². The van der Waals surface area contributed by atoms with Crippen LogP contribution in [0.2, 0.25) is 0 Å². The maximum atomic E-state index is 12.5. The van der Waals surface area contributed by atoms with E-state index in [1.54, 1.807) is 13.0 Å². The van der Waals surface area contributed by atoms with Gasteiger partial charge in [0.1, 0.15) is 4.90 Å². The second-order valence-electron chi connectivity index (χ2n) is 5.02. The molecule has 1 aliphatic rings. The first-order valence-electron chi connectivity index (χ1n) is 6.32. The second kappa shape index (κ2) is 5.11. The molecule has 0 spiro atoms. The number of hydrogen-bond donors (Lipinski definition) is 2. The van der Waals surface area contributed by atoms with Crippen LogP contribution in [-0.2, 0) is 14.8 Å². The third-order valence-corrected chi connectivity index (χ3v) is 5.35. The van der Waals surface area contributed by atoms with Gasteiger partial charge in [0.25, 0.3) is 0 Å². The lowest BCUT2D eigenvalue weighted by Crippen LogP contribution is -2.39. The minimum absolute atomic E-state index is 0.110. The molecule has 0 aliphatic carbocycles. The zero-order chi connectivity index (χ0) is 14.2. The van der Waals surface area contributed by atoms with Gasteiger partial charge in [0, 0.05) is 6.61 Å². The molecule has 0 amide bonds. The minimum Gasteiger partial charge on any atom is -0.398 e. The first-order valence-corrected chi connectivity index (χ1v) is 7.81. The van der Waals surface area contributed by atoms with Gasteiger partial charge in [-0.1, -0.05) is 6.07 Å². The first kappa shape index (κ1) is 14.3. The van der Waals surface area contributed by atoms with Crippen LogP contribution in [0, 0.1) is 13.8 Å². The molecule has 19 heavy (non-hydrogen) atoms. The van der Waals surface area contributed by atoms with Gasteiger partial charge in [-0.2, -0.15) is 0 Å². The van der Waals surface area contributed by atoms with Crippen LogP contribution in [0.5, 0.6) is 0 Å². The molecule has 106 valence electrons. The highest BCUT2D eigenvalue weighted by molar-refractivity contribution is 7.89. The van der Waals surface area contributed by atoms with Crippen molar-refractivity contribution in [1.29, 1.82) is 0 Å². The maximum Gasteiger partial charge on any atom is 0.243 e. The van der Waals surface area contributed by atoms with Crippen molar-refractivity contribution in [2.24, 2.45) is 0 Å². The predicted molar refractivity (Wildman–Crippen MR) is 74.5 cm³/mol. The highest BCUT2D eigenvalue weighted by Gasteiger charge is 2.31. The molecule has 1 heterocycles. The molecule has 1 aromatic rings. The van der Waals surface area contributed by atoms with Gasteiger partial charge >= 0.3 is 0 Å². The molecular formula is C13H20N2O3S. The number of nitrogens with two attached hydrogens (primary N) is 1. The molecule has 2 atom stereocenters. The summed E-state index contributed by atoms with van der Waals surface area (Å²) in [5.41, 5.74) is 7.72. The molecule has 2 rings (SSSR count). The Bertz CT molecular complexity index is 584. The zero-order valence-electron chi connectivity index (χ0n) is 11.4. The summed E-state index contributed by atoms with van der Waals surface area (Å²) in [7, 11) is -3.62. The number of anilines is 1. The Balaban J connectivity index is 2.37. The van der Waals surface area contributed by atoms with E-state index in [4.69, 9.17) is 10.5 Å². The number of nitrogens with one attached hydrogen (secondary N) is 1. The fourth-order valence-electron chi connectivity index (χ4n) is 2.31. The molecule has 6 heteroatoms. The highest BCUT2D eigenvalue weighted by atomic mass is 32.2. The molecule has 1 fully saturated rings. The van der Waals surface area contributed by atoms with Crippen LogP contribution >= 0.6 is 0 Å². The van der Waals surface area contributed by atoms with E-state index >= 15 is 0 Å². The Morgan fingerprint density at radius 3 is 2.63 bits per heavy atom. The van der Waals surface area contributed by atoms with Gasteiger partial charge < -0.3 is 10.5 Å². The van der Waals surface area contributed by atoms with E-state index in [2.05, 4.69) is 4.72 Å². The molecule has 0 aromatic heterocycles. The Morgan fingerprint density at radius 2 is 2.05 bits per heavy atom. The molecule has 5 nitrogen and oxygen atoms in total. The number of aryl methyl sites for hydroxylation is 1. The minimum atomic E-state index is -3.62. The van der Waals surface area contributed by atoms with Crippen molar-refractivity contribution >= 4 is 15.7 Å². The SMILES string of the molecule is Cc1ccc(N)c(S(=O)(=O)NC2CCOC2C)c1C. The summed E-state index contributed by atoms with van der Waals surface area (Å²) in [6.07, 6.45) is 0.576. The van der Waals surface area contributed by atoms with E-state index in [1.165, 1.54) is 0 Å². The smallest absolute Gasteiger partial charge is 0.243 e. The van der Waals surface area contributed by atoms with Gasteiger partial charge in [0.2, 0.25) is 10.0 Å². The molecule has 0 saturated carbocycles. The highest BCUT2D eigenvalue weighted by Crippen LogP contribution is 2.26. The number of ether oxygens (including phenoxy) is 1. The summed E-state index contributed by atoms with van der Waals surface area (Å²) >= 11 is 0. The quantitative estimate of drug-likeness (QED) is 0.821. The van der Waals surface area contributed by atoms with Crippen LogP contribution in [0.4, 0.5) is 5.69 Å². The summed E-state index contributed by atoms with van der Waals surface area (Å²) in [5.74, 6) is 0. The van der Waals surface area contributed by atoms with Crippen molar-refractivity contribution in [3.8, 4) is 0 Å². The molecule has 3 N–H and O–H groups in total. The second-order valence-corrected chi connectivity index (χ2v) is 6.67. The number of nitrogen functional groups attached to an aromatic ring is 1. The molecule has 1 saturated heterocycles. The molecule has 0 bridgehead atoms. The third kappa shape index (κ3) is 2.75. The van der Waals surface area contributed by atoms with Crippen LogP contribution in [-0.4, -0.2) is 27.2 Å². The van der Waals surface area contributed by atoms with Crippen molar-refractivity contribution in [3.05, 3.63) is 23.3 Å². The van der Waals surface area contributed by atoms with Crippen LogP contribution < -0.4 is 10.5 Å². The van der Waals surface area contributed by atoms with Gasteiger partial charge in [0.15, 0.2) is 0 Å². The summed E-state index contributed by atoms with van der Waals surface area (Å²) in [6, 6.07) is 3.26. The molecule has 1 aromatic carbocycles. The average Bonchev–Trinajstić information content (AvgIpc) is 2.69. The van der Waals surface area contributed by atoms with Gasteiger partial charge in [-0.3, -0.25) is 0 Å². The fraction of sp³-hybridized carbons (Fsp3) is 0.538. The van der Waals surface area contributed by atoms with E-state index in [-0.39, 0.29) is 22.7 Å². The fourth-order valence-corrected chi connectivity index (χ4v) is 4.08. The largest absolute Gasteiger partial charge is 0.398 e. The normalized spacial score (nSPS) is 23.7. The maximum absolute atomic E-state index is 12.5. The van der Waals surface area contributed by atoms with Crippen LogP contribution in [0.1, 0.15) is 24.5 Å². The number of benzene rings is 1. The van der Waals surface area contributed by atoms with E-state index < -0.39 is 10.0 Å². The van der Waals surface area contributed by atoms with Gasteiger partial charge in [-0.25, -0.2) is 13.1 Å². The van der Waals surface area contributed by atoms with Crippen molar-refractivity contribution in [2.75, 3.05) is 12.3 Å². The Morgan fingerprint density at radius 1 is 1.37 bits per heavy atom. The van der Waals surface area contributed by atoms with Crippen molar-refractivity contribution in [1.82, 2.24) is 4.72 Å². The zero-order valence-corrected chi connectivity index (χ0v) is 12.3. The van der Waals surface area contributed by atoms with Crippen molar-refractivity contribution < 1.29 is 13.2 Å². The third-order valence-electron chi connectivity index (χ3n) is 3.66. The van der Waals surface area contributed by atoms with Gasteiger partial charge in [-0.05, 0) is 44.4 Å². The van der Waals surface area contributed by atoms with Gasteiger partial charge in [0.05, 0.1) is 17.8 Å². The lowest BCUT2D eigenvalue weighted by Gasteiger charge is -2.19. The van der Waals surface area contributed by atoms with E-state index in [1.807, 2.05) is 19.9 Å². The topological polar surface area (TPSA) is 81.4 Å². The van der Waals surface area contributed by atoms with Crippen LogP contribution in [0.25, 0.3) is 0 Å². The van der Waals surface area contributed by atoms with E-state index in [0.717, 1.165) is 5.56 Å². The Hall–Kier alpha value is -1.11. The van der Waals surface area contributed by atoms with Crippen molar-refractivity contribution in [2.45, 2.75) is 44.2 Å².